The van der Waals surface area contributed by atoms with Crippen molar-refractivity contribution < 1.29 is 14.3 Å². The first-order valence-corrected chi connectivity index (χ1v) is 10.9. The summed E-state index contributed by atoms with van der Waals surface area (Å²) in [6.45, 7) is 0.738. The van der Waals surface area contributed by atoms with Crippen LogP contribution in [0.5, 0.6) is 11.5 Å². The quantitative estimate of drug-likeness (QED) is 0.664. The highest BCUT2D eigenvalue weighted by atomic mass is 35.5. The Balaban J connectivity index is 1.73. The molecule has 1 saturated heterocycles. The molecular formula is C25H26ClNO3. The van der Waals surface area contributed by atoms with Gasteiger partial charge in [0.1, 0.15) is 0 Å². The maximum atomic E-state index is 13.5. The molecule has 0 N–H and O–H groups in total. The summed E-state index contributed by atoms with van der Waals surface area (Å²) in [6.07, 6.45) is 7.75. The number of hydrogen-bond acceptors (Lipinski definition) is 3. The van der Waals surface area contributed by atoms with Crippen LogP contribution in [0.4, 0.5) is 0 Å². The number of carbonyl (C=O) groups is 1. The largest absolute Gasteiger partial charge is 0.493 e. The summed E-state index contributed by atoms with van der Waals surface area (Å²) in [5.41, 5.74) is 3.27. The molecule has 2 aromatic carbocycles. The van der Waals surface area contributed by atoms with Crippen molar-refractivity contribution in [1.82, 2.24) is 4.90 Å². The van der Waals surface area contributed by atoms with Crippen LogP contribution in [0, 0.1) is 11.8 Å². The summed E-state index contributed by atoms with van der Waals surface area (Å²) < 4.78 is 11.2. The second-order valence-corrected chi connectivity index (χ2v) is 8.92. The Morgan fingerprint density at radius 2 is 1.77 bits per heavy atom. The molecule has 30 heavy (non-hydrogen) atoms. The molecule has 5 heteroatoms. The Morgan fingerprint density at radius 1 is 1.07 bits per heavy atom. The molecule has 3 aliphatic rings. The molecule has 1 amide bonds. The van der Waals surface area contributed by atoms with Gasteiger partial charge in [0.05, 0.1) is 19.8 Å². The van der Waals surface area contributed by atoms with E-state index in [9.17, 15) is 4.79 Å². The minimum atomic E-state index is -0.381. The van der Waals surface area contributed by atoms with Crippen molar-refractivity contribution >= 4 is 17.5 Å². The maximum Gasteiger partial charge on any atom is 0.227 e. The van der Waals surface area contributed by atoms with Gasteiger partial charge in [0.2, 0.25) is 5.91 Å². The van der Waals surface area contributed by atoms with Gasteiger partial charge in [-0.25, -0.2) is 0 Å². The standard InChI is InChI=1S/C25H26ClNO3/c1-29-22-13-17-11-12-27-24(28)19-5-3-4-6-20(19)25(27,21(17)14-23(22)30-2)15-16-7-9-18(26)10-8-16/h3-4,7-10,13-14,19-20H,5-6,11-12,15H2,1-2H3. The van der Waals surface area contributed by atoms with Crippen molar-refractivity contribution in [2.24, 2.45) is 11.8 Å². The van der Waals surface area contributed by atoms with Crippen LogP contribution in [0.1, 0.15) is 29.5 Å². The van der Waals surface area contributed by atoms with Crippen molar-refractivity contribution in [1.29, 1.82) is 0 Å². The fourth-order valence-electron chi connectivity index (χ4n) is 5.87. The van der Waals surface area contributed by atoms with E-state index in [0.29, 0.717) is 5.91 Å². The minimum absolute atomic E-state index is 0.0429. The van der Waals surface area contributed by atoms with Gasteiger partial charge in [0, 0.05) is 29.8 Å². The molecule has 0 saturated carbocycles. The molecule has 2 heterocycles. The molecule has 156 valence electrons. The molecule has 0 radical (unpaired) electrons. The second-order valence-electron chi connectivity index (χ2n) is 8.49. The highest BCUT2D eigenvalue weighted by Gasteiger charge is 2.60. The van der Waals surface area contributed by atoms with Crippen LogP contribution in [0.3, 0.4) is 0 Å². The number of rotatable bonds is 4. The predicted molar refractivity (Wildman–Crippen MR) is 117 cm³/mol. The topological polar surface area (TPSA) is 38.8 Å². The van der Waals surface area contributed by atoms with Crippen LogP contribution in [0.2, 0.25) is 5.02 Å². The molecule has 1 fully saturated rings. The number of halogens is 1. The molecule has 5 rings (SSSR count). The van der Waals surface area contributed by atoms with Crippen molar-refractivity contribution in [3.63, 3.8) is 0 Å². The van der Waals surface area contributed by atoms with E-state index in [1.54, 1.807) is 14.2 Å². The average Bonchev–Trinajstić information content (AvgIpc) is 3.03. The zero-order valence-corrected chi connectivity index (χ0v) is 18.1. The van der Waals surface area contributed by atoms with Crippen LogP contribution in [0.25, 0.3) is 0 Å². The van der Waals surface area contributed by atoms with Crippen molar-refractivity contribution in [2.75, 3.05) is 20.8 Å². The number of allylic oxidation sites excluding steroid dienone is 2. The lowest BCUT2D eigenvalue weighted by molar-refractivity contribution is -0.134. The Labute approximate surface area is 182 Å². The summed E-state index contributed by atoms with van der Waals surface area (Å²) in [4.78, 5) is 15.7. The lowest BCUT2D eigenvalue weighted by Gasteiger charge is -2.48. The molecule has 0 spiro atoms. The number of nitrogens with zero attached hydrogens (tertiary/aromatic N) is 1. The number of hydrogen-bond donors (Lipinski definition) is 0. The smallest absolute Gasteiger partial charge is 0.227 e. The molecule has 0 aromatic heterocycles. The van der Waals surface area contributed by atoms with E-state index in [1.807, 2.05) is 12.1 Å². The molecule has 2 aromatic rings. The van der Waals surface area contributed by atoms with E-state index in [4.69, 9.17) is 21.1 Å². The third-order valence-electron chi connectivity index (χ3n) is 7.18. The van der Waals surface area contributed by atoms with E-state index >= 15 is 0 Å². The lowest BCUT2D eigenvalue weighted by atomic mass is 9.66. The number of amides is 1. The van der Waals surface area contributed by atoms with E-state index < -0.39 is 0 Å². The number of fused-ring (bicyclic) bond motifs is 5. The number of carbonyl (C=O) groups excluding carboxylic acids is 1. The summed E-state index contributed by atoms with van der Waals surface area (Å²) >= 11 is 6.15. The number of methoxy groups -OCH3 is 2. The lowest BCUT2D eigenvalue weighted by Crippen LogP contribution is -2.52. The van der Waals surface area contributed by atoms with Gasteiger partial charge in [0.15, 0.2) is 11.5 Å². The molecule has 0 bridgehead atoms. The van der Waals surface area contributed by atoms with E-state index in [0.717, 1.165) is 48.7 Å². The molecular weight excluding hydrogens is 398 g/mol. The van der Waals surface area contributed by atoms with Crippen molar-refractivity contribution in [2.45, 2.75) is 31.2 Å². The van der Waals surface area contributed by atoms with Gasteiger partial charge in [-0.1, -0.05) is 35.9 Å². The SMILES string of the molecule is COc1cc2c(cc1OC)C1(Cc3ccc(Cl)cc3)C3CC=CCC3C(=O)N1CC2. The summed E-state index contributed by atoms with van der Waals surface area (Å²) in [6, 6.07) is 12.3. The molecule has 3 unspecified atom stereocenters. The summed E-state index contributed by atoms with van der Waals surface area (Å²) in [7, 11) is 3.34. The Morgan fingerprint density at radius 3 is 2.50 bits per heavy atom. The van der Waals surface area contributed by atoms with Crippen LogP contribution >= 0.6 is 11.6 Å². The average molecular weight is 424 g/mol. The normalized spacial score (nSPS) is 26.8. The van der Waals surface area contributed by atoms with Gasteiger partial charge >= 0.3 is 0 Å². The van der Waals surface area contributed by atoms with E-state index in [1.165, 1.54) is 16.7 Å². The first kappa shape index (κ1) is 19.5. The van der Waals surface area contributed by atoms with Crippen molar-refractivity contribution in [3.05, 3.63) is 70.3 Å². The van der Waals surface area contributed by atoms with Crippen LogP contribution in [-0.2, 0) is 23.2 Å². The molecule has 2 aliphatic heterocycles. The number of ether oxygens (including phenoxy) is 2. The fraction of sp³-hybridized carbons (Fsp3) is 0.400. The maximum absolute atomic E-state index is 13.5. The van der Waals surface area contributed by atoms with Crippen LogP contribution < -0.4 is 9.47 Å². The molecule has 1 aliphatic carbocycles. The Kier molecular flexibility index (Phi) is 4.78. The minimum Gasteiger partial charge on any atom is -0.493 e. The predicted octanol–water partition coefficient (Wildman–Crippen LogP) is 4.78. The fourth-order valence-corrected chi connectivity index (χ4v) is 5.99. The highest BCUT2D eigenvalue weighted by molar-refractivity contribution is 6.30. The van der Waals surface area contributed by atoms with Gasteiger partial charge in [-0.05, 0) is 60.2 Å². The second kappa shape index (κ2) is 7.35. The number of benzene rings is 2. The van der Waals surface area contributed by atoms with Gasteiger partial charge in [-0.2, -0.15) is 0 Å². The highest BCUT2D eigenvalue weighted by Crippen LogP contribution is 2.56. The Bertz CT molecular complexity index is 1020. The summed E-state index contributed by atoms with van der Waals surface area (Å²) in [5.74, 6) is 2.04. The monoisotopic (exact) mass is 423 g/mol. The van der Waals surface area contributed by atoms with Gasteiger partial charge in [-0.3, -0.25) is 4.79 Å². The van der Waals surface area contributed by atoms with Gasteiger partial charge in [-0.15, -0.1) is 0 Å². The zero-order valence-electron chi connectivity index (χ0n) is 17.4. The van der Waals surface area contributed by atoms with Crippen LogP contribution in [0.15, 0.2) is 48.6 Å². The first-order chi connectivity index (χ1) is 14.6. The summed E-state index contributed by atoms with van der Waals surface area (Å²) in [5, 5.41) is 0.726. The van der Waals surface area contributed by atoms with E-state index in [2.05, 4.69) is 41.3 Å². The zero-order chi connectivity index (χ0) is 20.9. The first-order valence-electron chi connectivity index (χ1n) is 10.5. The Hall–Kier alpha value is -2.46. The van der Waals surface area contributed by atoms with Crippen molar-refractivity contribution in [3.8, 4) is 11.5 Å². The third kappa shape index (κ3) is 2.77. The van der Waals surface area contributed by atoms with Crippen LogP contribution in [-0.4, -0.2) is 31.6 Å². The third-order valence-corrected chi connectivity index (χ3v) is 7.43. The molecule has 4 nitrogen and oxygen atoms in total. The molecule has 3 atom stereocenters. The van der Waals surface area contributed by atoms with Gasteiger partial charge in [0.25, 0.3) is 0 Å². The van der Waals surface area contributed by atoms with Gasteiger partial charge < -0.3 is 14.4 Å². The van der Waals surface area contributed by atoms with E-state index in [-0.39, 0.29) is 17.4 Å².